The Labute approximate surface area is 198 Å². The zero-order valence-electron chi connectivity index (χ0n) is 19.3. The monoisotopic (exact) mass is 492 g/mol. The van der Waals surface area contributed by atoms with Crippen LogP contribution in [0.15, 0.2) is 47.4 Å². The highest BCUT2D eigenvalue weighted by Crippen LogP contribution is 2.31. The fourth-order valence-electron chi connectivity index (χ4n) is 3.49. The van der Waals surface area contributed by atoms with Gasteiger partial charge in [-0.15, -0.1) is 0 Å². The Bertz CT molecular complexity index is 1210. The number of hydrogen-bond acceptors (Lipinski definition) is 6. The number of sulfonamides is 1. The molecule has 0 radical (unpaired) electrons. The van der Waals surface area contributed by atoms with Crippen molar-refractivity contribution in [2.24, 2.45) is 0 Å². The SMILES string of the molecule is CCN(CC)S(=O)(=O)c1ccc(C(=O)N(CCCN(C)C)c2nc3c(F)cccc3s2)cc1. The molecule has 0 aliphatic carbocycles. The smallest absolute Gasteiger partial charge is 0.260 e. The second-order valence-corrected chi connectivity index (χ2v) is 10.8. The van der Waals surface area contributed by atoms with Crippen LogP contribution in [0.5, 0.6) is 0 Å². The molecule has 1 heterocycles. The summed E-state index contributed by atoms with van der Waals surface area (Å²) in [6.45, 7) is 5.47. The molecule has 0 unspecified atom stereocenters. The van der Waals surface area contributed by atoms with Crippen molar-refractivity contribution in [3.63, 3.8) is 0 Å². The molecular weight excluding hydrogens is 463 g/mol. The maximum Gasteiger partial charge on any atom is 0.260 e. The molecule has 3 aromatic rings. The van der Waals surface area contributed by atoms with Gasteiger partial charge < -0.3 is 4.90 Å². The quantitative estimate of drug-likeness (QED) is 0.427. The van der Waals surface area contributed by atoms with Crippen LogP contribution in [0.4, 0.5) is 9.52 Å². The first-order chi connectivity index (χ1) is 15.7. The van der Waals surface area contributed by atoms with Crippen molar-refractivity contribution in [3.05, 3.63) is 53.8 Å². The van der Waals surface area contributed by atoms with Crippen LogP contribution >= 0.6 is 11.3 Å². The van der Waals surface area contributed by atoms with Gasteiger partial charge in [0.15, 0.2) is 5.13 Å². The fraction of sp³-hybridized carbons (Fsp3) is 0.391. The van der Waals surface area contributed by atoms with Gasteiger partial charge in [0, 0.05) is 25.2 Å². The van der Waals surface area contributed by atoms with Gasteiger partial charge >= 0.3 is 0 Å². The second-order valence-electron chi connectivity index (χ2n) is 7.81. The van der Waals surface area contributed by atoms with E-state index >= 15 is 0 Å². The van der Waals surface area contributed by atoms with Gasteiger partial charge in [-0.2, -0.15) is 4.31 Å². The van der Waals surface area contributed by atoms with Crippen molar-refractivity contribution in [1.82, 2.24) is 14.2 Å². The third-order valence-electron chi connectivity index (χ3n) is 5.27. The molecule has 0 N–H and O–H groups in total. The van der Waals surface area contributed by atoms with E-state index in [0.29, 0.717) is 41.5 Å². The summed E-state index contributed by atoms with van der Waals surface area (Å²) in [5, 5.41) is 0.415. The van der Waals surface area contributed by atoms with E-state index in [-0.39, 0.29) is 16.3 Å². The van der Waals surface area contributed by atoms with Gasteiger partial charge in [0.1, 0.15) is 11.3 Å². The van der Waals surface area contributed by atoms with Crippen LogP contribution in [0, 0.1) is 5.82 Å². The molecule has 0 spiro atoms. The molecule has 3 rings (SSSR count). The summed E-state index contributed by atoms with van der Waals surface area (Å²) in [6, 6.07) is 10.7. The zero-order valence-corrected chi connectivity index (χ0v) is 20.9. The topological polar surface area (TPSA) is 73.8 Å². The fourth-order valence-corrected chi connectivity index (χ4v) is 5.95. The van der Waals surface area contributed by atoms with Crippen molar-refractivity contribution in [2.75, 3.05) is 45.2 Å². The molecule has 0 saturated carbocycles. The number of benzene rings is 2. The summed E-state index contributed by atoms with van der Waals surface area (Å²) in [7, 11) is 0.294. The van der Waals surface area contributed by atoms with Gasteiger partial charge in [0.25, 0.3) is 5.91 Å². The lowest BCUT2D eigenvalue weighted by Gasteiger charge is -2.22. The zero-order chi connectivity index (χ0) is 24.2. The Kier molecular flexibility index (Phi) is 8.17. The number of para-hydroxylation sites is 1. The van der Waals surface area contributed by atoms with Crippen molar-refractivity contribution in [1.29, 1.82) is 0 Å². The van der Waals surface area contributed by atoms with Crippen LogP contribution in [-0.2, 0) is 10.0 Å². The van der Waals surface area contributed by atoms with Crippen molar-refractivity contribution >= 4 is 42.6 Å². The summed E-state index contributed by atoms with van der Waals surface area (Å²) >= 11 is 1.26. The number of thiazole rings is 1. The average Bonchev–Trinajstić information content (AvgIpc) is 3.22. The number of nitrogens with zero attached hydrogens (tertiary/aromatic N) is 4. The normalized spacial score (nSPS) is 12.1. The van der Waals surface area contributed by atoms with Crippen molar-refractivity contribution in [3.8, 4) is 0 Å². The molecule has 2 aromatic carbocycles. The molecule has 0 saturated heterocycles. The Morgan fingerprint density at radius 2 is 1.70 bits per heavy atom. The predicted molar refractivity (Wildman–Crippen MR) is 131 cm³/mol. The Morgan fingerprint density at radius 1 is 1.03 bits per heavy atom. The van der Waals surface area contributed by atoms with E-state index in [2.05, 4.69) is 4.98 Å². The maximum atomic E-state index is 14.2. The minimum atomic E-state index is -3.61. The van der Waals surface area contributed by atoms with Gasteiger partial charge in [-0.3, -0.25) is 9.69 Å². The van der Waals surface area contributed by atoms with Gasteiger partial charge in [-0.25, -0.2) is 17.8 Å². The van der Waals surface area contributed by atoms with Gasteiger partial charge in [0.2, 0.25) is 10.0 Å². The molecular formula is C23H29FN4O3S2. The molecule has 0 aliphatic heterocycles. The third kappa shape index (κ3) is 5.57. The van der Waals surface area contributed by atoms with Crippen molar-refractivity contribution in [2.45, 2.75) is 25.2 Å². The Hall–Kier alpha value is -2.40. The van der Waals surface area contributed by atoms with E-state index in [1.54, 1.807) is 30.9 Å². The highest BCUT2D eigenvalue weighted by molar-refractivity contribution is 7.89. The first kappa shape index (κ1) is 25.2. The highest BCUT2D eigenvalue weighted by atomic mass is 32.2. The molecule has 0 aliphatic rings. The van der Waals surface area contributed by atoms with Crippen LogP contribution in [0.1, 0.15) is 30.6 Å². The Morgan fingerprint density at radius 3 is 2.27 bits per heavy atom. The molecule has 10 heteroatoms. The van der Waals surface area contributed by atoms with Crippen LogP contribution in [0.25, 0.3) is 10.2 Å². The number of carbonyl (C=O) groups excluding carboxylic acids is 1. The van der Waals surface area contributed by atoms with Crippen LogP contribution in [0.2, 0.25) is 0 Å². The third-order valence-corrected chi connectivity index (χ3v) is 8.37. The summed E-state index contributed by atoms with van der Waals surface area (Å²) < 4.78 is 41.7. The first-order valence-corrected chi connectivity index (χ1v) is 13.1. The molecule has 0 bridgehead atoms. The van der Waals surface area contributed by atoms with Crippen molar-refractivity contribution < 1.29 is 17.6 Å². The van der Waals surface area contributed by atoms with Crippen LogP contribution in [-0.4, -0.2) is 68.8 Å². The first-order valence-electron chi connectivity index (χ1n) is 10.8. The van der Waals surface area contributed by atoms with Crippen LogP contribution in [0.3, 0.4) is 0 Å². The van der Waals surface area contributed by atoms with E-state index in [4.69, 9.17) is 0 Å². The molecule has 1 aromatic heterocycles. The number of aromatic nitrogens is 1. The molecule has 1 amide bonds. The van der Waals surface area contributed by atoms with E-state index < -0.39 is 15.8 Å². The number of anilines is 1. The number of hydrogen-bond donors (Lipinski definition) is 0. The number of carbonyl (C=O) groups is 1. The summed E-state index contributed by atoms with van der Waals surface area (Å²) in [6.07, 6.45) is 0.700. The van der Waals surface area contributed by atoms with E-state index in [1.807, 2.05) is 19.0 Å². The highest BCUT2D eigenvalue weighted by Gasteiger charge is 2.25. The van der Waals surface area contributed by atoms with Gasteiger partial charge in [-0.05, 0) is 63.5 Å². The lowest BCUT2D eigenvalue weighted by molar-refractivity contribution is 0.0986. The largest absolute Gasteiger partial charge is 0.309 e. The number of amides is 1. The second kappa shape index (κ2) is 10.7. The lowest BCUT2D eigenvalue weighted by Crippen LogP contribution is -2.33. The molecule has 0 atom stereocenters. The molecule has 33 heavy (non-hydrogen) atoms. The average molecular weight is 493 g/mol. The number of halogens is 1. The molecule has 178 valence electrons. The van der Waals surface area contributed by atoms with E-state index in [0.717, 1.165) is 6.54 Å². The maximum absolute atomic E-state index is 14.2. The standard InChI is InChI=1S/C23H29FN4O3S2/c1-5-27(6-2)33(30,31)18-13-11-17(12-14-18)22(29)28(16-8-15-26(3)4)23-25-21-19(24)9-7-10-20(21)32-23/h7,9-14H,5-6,8,15-16H2,1-4H3. The lowest BCUT2D eigenvalue weighted by atomic mass is 10.2. The molecule has 0 fully saturated rings. The van der Waals surface area contributed by atoms with E-state index in [9.17, 15) is 17.6 Å². The number of rotatable bonds is 10. The molecule has 7 nitrogen and oxygen atoms in total. The van der Waals surface area contributed by atoms with Gasteiger partial charge in [-0.1, -0.05) is 31.3 Å². The van der Waals surface area contributed by atoms with Gasteiger partial charge in [0.05, 0.1) is 9.60 Å². The predicted octanol–water partition coefficient (Wildman–Crippen LogP) is 4.06. The summed E-state index contributed by atoms with van der Waals surface area (Å²) in [4.78, 5) is 21.5. The number of fused-ring (bicyclic) bond motifs is 1. The minimum Gasteiger partial charge on any atom is -0.309 e. The van der Waals surface area contributed by atoms with Crippen LogP contribution < -0.4 is 4.90 Å². The minimum absolute atomic E-state index is 0.143. The summed E-state index contributed by atoms with van der Waals surface area (Å²) in [5.74, 6) is -0.735. The summed E-state index contributed by atoms with van der Waals surface area (Å²) in [5.41, 5.74) is 0.585. The Balaban J connectivity index is 1.93. The van der Waals surface area contributed by atoms with E-state index in [1.165, 1.54) is 46.0 Å².